The van der Waals surface area contributed by atoms with Gasteiger partial charge in [-0.2, -0.15) is 0 Å². The fourth-order valence-electron chi connectivity index (χ4n) is 2.68. The van der Waals surface area contributed by atoms with E-state index in [9.17, 15) is 5.11 Å². The molecule has 2 rings (SSSR count). The van der Waals surface area contributed by atoms with Gasteiger partial charge in [0, 0.05) is 17.4 Å². The molecule has 4 heteroatoms. The predicted octanol–water partition coefficient (Wildman–Crippen LogP) is 2.52. The maximum atomic E-state index is 9.73. The first-order valence-corrected chi connectivity index (χ1v) is 5.88. The predicted molar refractivity (Wildman–Crippen MR) is 63.5 cm³/mol. The van der Waals surface area contributed by atoms with Crippen LogP contribution in [0.15, 0.2) is 23.7 Å². The van der Waals surface area contributed by atoms with Gasteiger partial charge < -0.3 is 19.3 Å². The normalized spacial score (nSPS) is 29.5. The Bertz CT molecular complexity index is 362. The molecule has 0 unspecified atom stereocenters. The molecule has 0 bridgehead atoms. The van der Waals surface area contributed by atoms with Crippen molar-refractivity contribution in [2.45, 2.75) is 32.5 Å². The van der Waals surface area contributed by atoms with Gasteiger partial charge in [-0.3, -0.25) is 0 Å². The Balaban J connectivity index is 2.36. The molecule has 1 aliphatic carbocycles. The number of aliphatic hydroxyl groups excluding tert-OH is 1. The van der Waals surface area contributed by atoms with Crippen LogP contribution >= 0.6 is 0 Å². The van der Waals surface area contributed by atoms with E-state index in [0.29, 0.717) is 26.1 Å². The van der Waals surface area contributed by atoms with Crippen molar-refractivity contribution in [1.82, 2.24) is 0 Å². The molecule has 1 saturated carbocycles. The van der Waals surface area contributed by atoms with E-state index >= 15 is 0 Å². The van der Waals surface area contributed by atoms with Crippen molar-refractivity contribution < 1.29 is 19.3 Å². The van der Waals surface area contributed by atoms with Gasteiger partial charge in [0.05, 0.1) is 20.3 Å². The molecule has 1 heterocycles. The number of hydrogen-bond acceptors (Lipinski definition) is 4. The first kappa shape index (κ1) is 12.5. The lowest BCUT2D eigenvalue weighted by atomic mass is 9.67. The second-order valence-electron chi connectivity index (χ2n) is 5.04. The number of allylic oxidation sites excluding steroid dienone is 1. The molecule has 2 aliphatic rings. The summed E-state index contributed by atoms with van der Waals surface area (Å²) in [5.41, 5.74) is 1.22. The monoisotopic (exact) mass is 240 g/mol. The molecule has 0 aromatic rings. The number of methoxy groups -OCH3 is 1. The summed E-state index contributed by atoms with van der Waals surface area (Å²) in [6, 6.07) is 0. The van der Waals surface area contributed by atoms with Crippen LogP contribution in [0.25, 0.3) is 0 Å². The zero-order valence-corrected chi connectivity index (χ0v) is 10.7. The lowest BCUT2D eigenvalue weighted by Crippen LogP contribution is -2.50. The summed E-state index contributed by atoms with van der Waals surface area (Å²) < 4.78 is 16.5. The van der Waals surface area contributed by atoms with Gasteiger partial charge in [0.15, 0.2) is 5.79 Å². The van der Waals surface area contributed by atoms with Crippen LogP contribution < -0.4 is 0 Å². The molecular formula is C13H20O4. The van der Waals surface area contributed by atoms with Crippen LogP contribution in [0.2, 0.25) is 0 Å². The quantitative estimate of drug-likeness (QED) is 0.715. The van der Waals surface area contributed by atoms with Crippen LogP contribution in [0, 0.1) is 5.41 Å². The second-order valence-corrected chi connectivity index (χ2v) is 5.04. The highest BCUT2D eigenvalue weighted by Crippen LogP contribution is 2.53. The molecule has 2 fully saturated rings. The Morgan fingerprint density at radius 2 is 1.94 bits per heavy atom. The molecule has 4 nitrogen and oxygen atoms in total. The molecule has 0 aromatic carbocycles. The summed E-state index contributed by atoms with van der Waals surface area (Å²) in [5, 5.41) is 9.73. The lowest BCUT2D eigenvalue weighted by Gasteiger charge is -2.47. The highest BCUT2D eigenvalue weighted by atomic mass is 16.7. The number of hydrogen-bond donors (Lipinski definition) is 1. The van der Waals surface area contributed by atoms with Gasteiger partial charge in [-0.1, -0.05) is 20.4 Å². The third kappa shape index (κ3) is 1.67. The van der Waals surface area contributed by atoms with Crippen molar-refractivity contribution in [3.63, 3.8) is 0 Å². The molecule has 1 N–H and O–H groups in total. The highest BCUT2D eigenvalue weighted by Gasteiger charge is 2.55. The Labute approximate surface area is 102 Å². The van der Waals surface area contributed by atoms with E-state index in [1.165, 1.54) is 7.11 Å². The molecule has 1 saturated heterocycles. The summed E-state index contributed by atoms with van der Waals surface area (Å²) >= 11 is 0. The smallest absolute Gasteiger partial charge is 0.279 e. The van der Waals surface area contributed by atoms with Crippen LogP contribution in [0.3, 0.4) is 0 Å². The van der Waals surface area contributed by atoms with Crippen LogP contribution in [-0.4, -0.2) is 31.2 Å². The van der Waals surface area contributed by atoms with E-state index in [1.54, 1.807) is 0 Å². The number of rotatable bonds is 1. The van der Waals surface area contributed by atoms with Gasteiger partial charge in [0.25, 0.3) is 5.95 Å². The first-order valence-electron chi connectivity index (χ1n) is 5.88. The second kappa shape index (κ2) is 4.03. The van der Waals surface area contributed by atoms with E-state index in [2.05, 4.69) is 6.58 Å². The average molecular weight is 240 g/mol. The Hall–Kier alpha value is -1.00. The topological polar surface area (TPSA) is 47.9 Å². The van der Waals surface area contributed by atoms with Crippen LogP contribution in [0.4, 0.5) is 0 Å². The average Bonchev–Trinajstić information content (AvgIpc) is 2.77. The standard InChI is InChI=1S/C13H20O4/c1-9-10(11(14)15-4)5-6-13(12(9,2)3)16-7-8-17-13/h14H,1,5-8H2,2-4H3/b11-10-. The fourth-order valence-corrected chi connectivity index (χ4v) is 2.68. The minimum atomic E-state index is -0.596. The summed E-state index contributed by atoms with van der Waals surface area (Å²) in [7, 11) is 1.45. The van der Waals surface area contributed by atoms with Gasteiger partial charge in [0.2, 0.25) is 0 Å². The van der Waals surface area contributed by atoms with E-state index in [-0.39, 0.29) is 11.4 Å². The van der Waals surface area contributed by atoms with Crippen molar-refractivity contribution >= 4 is 0 Å². The molecule has 1 aliphatic heterocycles. The molecule has 0 aromatic heterocycles. The molecule has 1 spiro atoms. The van der Waals surface area contributed by atoms with Crippen LogP contribution in [0.5, 0.6) is 0 Å². The minimum Gasteiger partial charge on any atom is -0.481 e. The Kier molecular flexibility index (Phi) is 2.96. The van der Waals surface area contributed by atoms with E-state index in [4.69, 9.17) is 14.2 Å². The third-order valence-electron chi connectivity index (χ3n) is 3.98. The zero-order chi connectivity index (χ0) is 12.7. The Morgan fingerprint density at radius 1 is 1.35 bits per heavy atom. The van der Waals surface area contributed by atoms with Gasteiger partial charge >= 0.3 is 0 Å². The molecule has 0 radical (unpaired) electrons. The SMILES string of the molecule is C=C1/C(=C(/O)OC)CCC2(OCCO2)C1(C)C. The van der Waals surface area contributed by atoms with Crippen molar-refractivity contribution in [3.05, 3.63) is 23.7 Å². The van der Waals surface area contributed by atoms with E-state index < -0.39 is 5.79 Å². The number of aliphatic hydroxyl groups is 1. The van der Waals surface area contributed by atoms with Crippen molar-refractivity contribution in [2.24, 2.45) is 5.41 Å². The Morgan fingerprint density at radius 3 is 2.47 bits per heavy atom. The van der Waals surface area contributed by atoms with E-state index in [0.717, 1.165) is 11.1 Å². The van der Waals surface area contributed by atoms with Crippen LogP contribution in [0.1, 0.15) is 26.7 Å². The number of ether oxygens (including phenoxy) is 3. The van der Waals surface area contributed by atoms with E-state index in [1.807, 2.05) is 13.8 Å². The summed E-state index contributed by atoms with van der Waals surface area (Å²) in [4.78, 5) is 0. The molecular weight excluding hydrogens is 220 g/mol. The highest BCUT2D eigenvalue weighted by molar-refractivity contribution is 5.39. The zero-order valence-electron chi connectivity index (χ0n) is 10.7. The lowest BCUT2D eigenvalue weighted by molar-refractivity contribution is -0.224. The summed E-state index contributed by atoms with van der Waals surface area (Å²) in [5.74, 6) is -0.641. The summed E-state index contributed by atoms with van der Waals surface area (Å²) in [6.07, 6.45) is 1.36. The third-order valence-corrected chi connectivity index (χ3v) is 3.98. The largest absolute Gasteiger partial charge is 0.481 e. The first-order chi connectivity index (χ1) is 7.94. The van der Waals surface area contributed by atoms with Gasteiger partial charge in [-0.15, -0.1) is 0 Å². The molecule has 17 heavy (non-hydrogen) atoms. The minimum absolute atomic E-state index is 0.0454. The van der Waals surface area contributed by atoms with Gasteiger partial charge in [-0.05, 0) is 12.0 Å². The molecule has 0 atom stereocenters. The van der Waals surface area contributed by atoms with Crippen molar-refractivity contribution in [1.29, 1.82) is 0 Å². The van der Waals surface area contributed by atoms with Gasteiger partial charge in [0.1, 0.15) is 0 Å². The maximum absolute atomic E-state index is 9.73. The summed E-state index contributed by atoms with van der Waals surface area (Å²) in [6.45, 7) is 9.37. The van der Waals surface area contributed by atoms with Crippen LogP contribution in [-0.2, 0) is 14.2 Å². The fraction of sp³-hybridized carbons (Fsp3) is 0.692. The molecule has 96 valence electrons. The molecule has 0 amide bonds. The maximum Gasteiger partial charge on any atom is 0.279 e. The van der Waals surface area contributed by atoms with Crippen molar-refractivity contribution in [2.75, 3.05) is 20.3 Å². The van der Waals surface area contributed by atoms with Gasteiger partial charge in [-0.25, -0.2) is 0 Å². The van der Waals surface area contributed by atoms with Crippen molar-refractivity contribution in [3.8, 4) is 0 Å².